The summed E-state index contributed by atoms with van der Waals surface area (Å²) in [6.07, 6.45) is 0.430. The van der Waals surface area contributed by atoms with Crippen LogP contribution in [0.5, 0.6) is 0 Å². The van der Waals surface area contributed by atoms with Crippen molar-refractivity contribution in [2.75, 3.05) is 11.9 Å². The van der Waals surface area contributed by atoms with Crippen molar-refractivity contribution >= 4 is 22.1 Å². The summed E-state index contributed by atoms with van der Waals surface area (Å²) in [6.45, 7) is 0.645. The molecule has 0 bridgehead atoms. The van der Waals surface area contributed by atoms with Crippen molar-refractivity contribution < 1.29 is 4.79 Å². The maximum absolute atomic E-state index is 11.3. The molecular weight excluding hydrogens is 174 g/mol. The number of hydrogen-bond acceptors (Lipinski definition) is 4. The maximum Gasteiger partial charge on any atom is 0.193 e. The van der Waals surface area contributed by atoms with Gasteiger partial charge in [0.2, 0.25) is 0 Å². The first-order chi connectivity index (χ1) is 5.79. The zero-order valence-electron chi connectivity index (χ0n) is 6.29. The molecule has 1 N–H and O–H groups in total. The van der Waals surface area contributed by atoms with Crippen LogP contribution in [-0.4, -0.2) is 12.3 Å². The van der Waals surface area contributed by atoms with Gasteiger partial charge in [-0.25, -0.2) is 0 Å². The summed E-state index contributed by atoms with van der Waals surface area (Å²) in [4.78, 5) is 22.5. The summed E-state index contributed by atoms with van der Waals surface area (Å²) >= 11 is 1.40. The Morgan fingerprint density at radius 1 is 1.42 bits per heavy atom. The topological polar surface area (TPSA) is 46.2 Å². The molecule has 0 aromatic carbocycles. The highest BCUT2D eigenvalue weighted by Crippen LogP contribution is 2.22. The van der Waals surface area contributed by atoms with E-state index < -0.39 is 0 Å². The summed E-state index contributed by atoms with van der Waals surface area (Å²) in [7, 11) is 0. The first-order valence-electron chi connectivity index (χ1n) is 3.68. The van der Waals surface area contributed by atoms with Crippen molar-refractivity contribution in [1.82, 2.24) is 0 Å². The number of hydrogen-bond donors (Lipinski definition) is 1. The van der Waals surface area contributed by atoms with Gasteiger partial charge in [-0.1, -0.05) is 0 Å². The van der Waals surface area contributed by atoms with Gasteiger partial charge in [0.25, 0.3) is 0 Å². The van der Waals surface area contributed by atoms with Gasteiger partial charge in [-0.15, -0.1) is 11.3 Å². The van der Waals surface area contributed by atoms with Crippen LogP contribution in [0, 0.1) is 0 Å². The summed E-state index contributed by atoms with van der Waals surface area (Å²) in [6, 6.07) is 1.44. The monoisotopic (exact) mass is 181 g/mol. The average Bonchev–Trinajstić information content (AvgIpc) is 2.04. The second-order valence-electron chi connectivity index (χ2n) is 2.59. The van der Waals surface area contributed by atoms with Crippen molar-refractivity contribution in [3.8, 4) is 0 Å². The molecule has 0 radical (unpaired) electrons. The fourth-order valence-electron chi connectivity index (χ4n) is 1.23. The van der Waals surface area contributed by atoms with Crippen molar-refractivity contribution in [1.29, 1.82) is 0 Å². The van der Waals surface area contributed by atoms with E-state index in [9.17, 15) is 9.59 Å². The Morgan fingerprint density at radius 3 is 3.00 bits per heavy atom. The molecule has 1 aromatic rings. The van der Waals surface area contributed by atoms with E-state index in [1.54, 1.807) is 5.38 Å². The summed E-state index contributed by atoms with van der Waals surface area (Å²) < 4.78 is 0. The minimum absolute atomic E-state index is 0.0365. The molecule has 0 saturated heterocycles. The van der Waals surface area contributed by atoms with Gasteiger partial charge in [-0.2, -0.15) is 0 Å². The fourth-order valence-corrected chi connectivity index (χ4v) is 2.07. The number of fused-ring (bicyclic) bond motifs is 1. The van der Waals surface area contributed by atoms with Crippen LogP contribution in [0.2, 0.25) is 0 Å². The molecular formula is C8H7NO2S. The van der Waals surface area contributed by atoms with Gasteiger partial charge in [0.1, 0.15) is 5.00 Å². The second-order valence-corrected chi connectivity index (χ2v) is 3.51. The lowest BCUT2D eigenvalue weighted by Crippen LogP contribution is -2.23. The van der Waals surface area contributed by atoms with Crippen LogP contribution in [0.3, 0.4) is 0 Å². The Kier molecular flexibility index (Phi) is 1.69. The Balaban J connectivity index is 2.69. The van der Waals surface area contributed by atoms with Crippen LogP contribution in [0.25, 0.3) is 0 Å². The third-order valence-electron chi connectivity index (χ3n) is 1.80. The first-order valence-corrected chi connectivity index (χ1v) is 4.56. The molecule has 1 aliphatic rings. The normalized spacial score (nSPS) is 15.2. The Morgan fingerprint density at radius 2 is 2.25 bits per heavy atom. The average molecular weight is 181 g/mol. The minimum atomic E-state index is -0.166. The van der Waals surface area contributed by atoms with E-state index in [1.165, 1.54) is 17.4 Å². The molecule has 3 nitrogen and oxygen atoms in total. The van der Waals surface area contributed by atoms with Crippen LogP contribution in [0.1, 0.15) is 16.8 Å². The van der Waals surface area contributed by atoms with E-state index in [-0.39, 0.29) is 11.2 Å². The predicted octanol–water partition coefficient (Wildman–Crippen LogP) is 1.11. The highest BCUT2D eigenvalue weighted by atomic mass is 32.1. The van der Waals surface area contributed by atoms with Crippen molar-refractivity contribution in [3.05, 3.63) is 27.2 Å². The van der Waals surface area contributed by atoms with Gasteiger partial charge in [-0.05, 0) is 11.4 Å². The Labute approximate surface area is 73.0 Å². The summed E-state index contributed by atoms with van der Waals surface area (Å²) in [5, 5.41) is 5.45. The Bertz CT molecular complexity index is 383. The van der Waals surface area contributed by atoms with Crippen LogP contribution < -0.4 is 10.7 Å². The van der Waals surface area contributed by atoms with Crippen LogP contribution >= 0.6 is 11.3 Å². The quantitative estimate of drug-likeness (QED) is 0.652. The molecule has 0 amide bonds. The largest absolute Gasteiger partial charge is 0.376 e. The Hall–Kier alpha value is -1.16. The fraction of sp³-hybridized carbons (Fsp3) is 0.250. The van der Waals surface area contributed by atoms with Gasteiger partial charge >= 0.3 is 0 Å². The van der Waals surface area contributed by atoms with Crippen LogP contribution in [0.4, 0.5) is 5.00 Å². The molecule has 4 heteroatoms. The number of Topliss-reactive ketones (excluding diaryl/α,β-unsaturated/α-hetero) is 1. The van der Waals surface area contributed by atoms with Gasteiger partial charge in [-0.3, -0.25) is 9.59 Å². The van der Waals surface area contributed by atoms with E-state index in [2.05, 4.69) is 5.32 Å². The lowest BCUT2D eigenvalue weighted by Gasteiger charge is -2.13. The lowest BCUT2D eigenvalue weighted by molar-refractivity contribution is 0.0983. The number of carbonyl (C=O) groups excluding carboxylic acids is 1. The van der Waals surface area contributed by atoms with Gasteiger partial charge in [0.15, 0.2) is 11.2 Å². The van der Waals surface area contributed by atoms with Gasteiger partial charge in [0, 0.05) is 13.0 Å². The van der Waals surface area contributed by atoms with Gasteiger partial charge < -0.3 is 5.32 Å². The number of anilines is 1. The second kappa shape index (κ2) is 2.71. The molecule has 2 heterocycles. The summed E-state index contributed by atoms with van der Waals surface area (Å²) in [5.74, 6) is -0.0365. The molecule has 0 fully saturated rings. The molecule has 0 aliphatic carbocycles. The first kappa shape index (κ1) is 7.49. The third kappa shape index (κ3) is 1.04. The lowest BCUT2D eigenvalue weighted by atomic mass is 10.1. The molecule has 0 saturated carbocycles. The number of rotatable bonds is 0. The van der Waals surface area contributed by atoms with E-state index in [0.717, 1.165) is 5.00 Å². The third-order valence-corrected chi connectivity index (χ3v) is 2.65. The van der Waals surface area contributed by atoms with Crippen molar-refractivity contribution in [3.63, 3.8) is 0 Å². The highest BCUT2D eigenvalue weighted by molar-refractivity contribution is 7.14. The SMILES string of the molecule is O=C1CCNc2sccc(=O)c21. The molecule has 0 unspecified atom stereocenters. The molecule has 0 spiro atoms. The molecule has 12 heavy (non-hydrogen) atoms. The highest BCUT2D eigenvalue weighted by Gasteiger charge is 2.19. The number of nitrogens with one attached hydrogen (secondary N) is 1. The zero-order valence-corrected chi connectivity index (χ0v) is 7.11. The van der Waals surface area contributed by atoms with Gasteiger partial charge in [0.05, 0.1) is 5.56 Å². The summed E-state index contributed by atoms with van der Waals surface area (Å²) in [5.41, 5.74) is 0.176. The standard InChI is InChI=1S/C8H7NO2S/c10-5-1-3-9-8-7(5)6(11)2-4-12-8/h2,4,9H,1,3H2. The van der Waals surface area contributed by atoms with E-state index in [1.807, 2.05) is 0 Å². The maximum atomic E-state index is 11.3. The predicted molar refractivity (Wildman–Crippen MR) is 48.0 cm³/mol. The molecule has 1 aromatic heterocycles. The van der Waals surface area contributed by atoms with Crippen LogP contribution in [0.15, 0.2) is 16.2 Å². The van der Waals surface area contributed by atoms with Crippen molar-refractivity contribution in [2.45, 2.75) is 6.42 Å². The number of ketones is 1. The molecule has 1 aliphatic heterocycles. The number of carbonyl (C=O) groups is 1. The zero-order chi connectivity index (χ0) is 8.55. The van der Waals surface area contributed by atoms with Crippen LogP contribution in [-0.2, 0) is 0 Å². The van der Waals surface area contributed by atoms with E-state index in [4.69, 9.17) is 0 Å². The van der Waals surface area contributed by atoms with E-state index >= 15 is 0 Å². The molecule has 2 rings (SSSR count). The van der Waals surface area contributed by atoms with Crippen molar-refractivity contribution in [2.24, 2.45) is 0 Å². The smallest absolute Gasteiger partial charge is 0.193 e. The minimum Gasteiger partial charge on any atom is -0.376 e. The molecule has 62 valence electrons. The molecule has 0 atom stereocenters. The van der Waals surface area contributed by atoms with E-state index in [0.29, 0.717) is 18.5 Å².